The van der Waals surface area contributed by atoms with Crippen LogP contribution in [0.15, 0.2) is 30.3 Å². The molecule has 1 N–H and O–H groups in total. The van der Waals surface area contributed by atoms with E-state index in [0.717, 1.165) is 5.56 Å². The molecule has 96 valence electrons. The van der Waals surface area contributed by atoms with Crippen LogP contribution < -0.4 is 0 Å². The van der Waals surface area contributed by atoms with Crippen LogP contribution in [0, 0.1) is 0 Å². The molecule has 0 fully saturated rings. The van der Waals surface area contributed by atoms with Crippen LogP contribution in [0.3, 0.4) is 0 Å². The molecule has 0 aromatic heterocycles. The second-order valence-electron chi connectivity index (χ2n) is 4.27. The maximum absolute atomic E-state index is 11.8. The van der Waals surface area contributed by atoms with E-state index in [2.05, 4.69) is 0 Å². The fourth-order valence-corrected chi connectivity index (χ4v) is 2.59. The van der Waals surface area contributed by atoms with E-state index in [-0.39, 0.29) is 18.5 Å². The first kappa shape index (κ1) is 14.4. The molecule has 2 atom stereocenters. The highest BCUT2D eigenvalue weighted by Gasteiger charge is 2.11. The Morgan fingerprint density at radius 3 is 2.53 bits per heavy atom. The molecule has 0 radical (unpaired) electrons. The van der Waals surface area contributed by atoms with E-state index in [1.807, 2.05) is 44.2 Å². The lowest BCUT2D eigenvalue weighted by molar-refractivity contribution is 0.0149. The minimum absolute atomic E-state index is 0.0900. The Bertz CT molecular complexity index is 338. The van der Waals surface area contributed by atoms with Crippen molar-refractivity contribution in [3.8, 4) is 0 Å². The van der Waals surface area contributed by atoms with Gasteiger partial charge in [0.2, 0.25) is 0 Å². The number of hydrogen-bond acceptors (Lipinski definition) is 3. The highest BCUT2D eigenvalue weighted by Crippen LogP contribution is 2.04. The van der Waals surface area contributed by atoms with Crippen molar-refractivity contribution in [2.45, 2.75) is 31.8 Å². The maximum Gasteiger partial charge on any atom is 0.0888 e. The summed E-state index contributed by atoms with van der Waals surface area (Å²) in [5.74, 6) is 0.751. The lowest BCUT2D eigenvalue weighted by Gasteiger charge is -2.13. The Kier molecular flexibility index (Phi) is 6.40. The number of rotatable bonds is 7. The van der Waals surface area contributed by atoms with Gasteiger partial charge >= 0.3 is 0 Å². The highest BCUT2D eigenvalue weighted by atomic mass is 32.2. The summed E-state index contributed by atoms with van der Waals surface area (Å²) in [5, 5.41) is 9.63. The van der Waals surface area contributed by atoms with E-state index >= 15 is 0 Å². The molecule has 1 rings (SSSR count). The number of aliphatic hydroxyl groups is 1. The molecule has 1 aromatic rings. The SMILES string of the molecule is CC(C)OC[C@@H](O)C[S@@](=O)Cc1ccccc1. The number of ether oxygens (including phenoxy) is 1. The van der Waals surface area contributed by atoms with Gasteiger partial charge in [0.05, 0.1) is 24.6 Å². The van der Waals surface area contributed by atoms with E-state index in [9.17, 15) is 9.32 Å². The average Bonchev–Trinajstić information content (AvgIpc) is 2.27. The Hall–Kier alpha value is -0.710. The molecule has 0 unspecified atom stereocenters. The van der Waals surface area contributed by atoms with Gasteiger partial charge in [0.1, 0.15) is 0 Å². The van der Waals surface area contributed by atoms with Crippen LogP contribution in [0.2, 0.25) is 0 Å². The summed E-state index contributed by atoms with van der Waals surface area (Å²) in [6.07, 6.45) is -0.561. The van der Waals surface area contributed by atoms with Gasteiger partial charge in [-0.1, -0.05) is 30.3 Å². The Morgan fingerprint density at radius 2 is 1.94 bits per heavy atom. The maximum atomic E-state index is 11.8. The van der Waals surface area contributed by atoms with Gasteiger partial charge < -0.3 is 9.84 Å². The third kappa shape index (κ3) is 6.56. The van der Waals surface area contributed by atoms with E-state index in [1.165, 1.54) is 0 Å². The molecular formula is C13H20O3S. The molecule has 0 aliphatic rings. The van der Waals surface area contributed by atoms with Gasteiger partial charge in [-0.3, -0.25) is 4.21 Å². The van der Waals surface area contributed by atoms with Crippen LogP contribution in [-0.2, 0) is 21.3 Å². The zero-order valence-corrected chi connectivity index (χ0v) is 11.2. The summed E-state index contributed by atoms with van der Waals surface area (Å²) in [6, 6.07) is 9.65. The summed E-state index contributed by atoms with van der Waals surface area (Å²) in [5.41, 5.74) is 1.03. The van der Waals surface area contributed by atoms with Crippen molar-refractivity contribution in [1.82, 2.24) is 0 Å². The molecule has 0 amide bonds. The van der Waals surface area contributed by atoms with E-state index in [4.69, 9.17) is 4.74 Å². The van der Waals surface area contributed by atoms with Crippen molar-refractivity contribution >= 4 is 10.8 Å². The van der Waals surface area contributed by atoms with Gasteiger partial charge in [-0.25, -0.2) is 0 Å². The molecule has 4 heteroatoms. The van der Waals surface area contributed by atoms with Gasteiger partial charge in [-0.15, -0.1) is 0 Å². The summed E-state index contributed by atoms with van der Waals surface area (Å²) in [4.78, 5) is 0. The number of hydrogen-bond donors (Lipinski definition) is 1. The molecule has 1 aromatic carbocycles. The Balaban J connectivity index is 2.29. The average molecular weight is 256 g/mol. The van der Waals surface area contributed by atoms with Crippen molar-refractivity contribution in [2.75, 3.05) is 12.4 Å². The normalized spacial score (nSPS) is 14.8. The molecule has 0 aliphatic carbocycles. The molecule has 0 aliphatic heterocycles. The van der Waals surface area contributed by atoms with Crippen LogP contribution >= 0.6 is 0 Å². The smallest absolute Gasteiger partial charge is 0.0888 e. The molecule has 17 heavy (non-hydrogen) atoms. The summed E-state index contributed by atoms with van der Waals surface area (Å²) >= 11 is 0. The number of benzene rings is 1. The van der Waals surface area contributed by atoms with Crippen molar-refractivity contribution < 1.29 is 14.1 Å². The Labute approximate surface area is 105 Å². The van der Waals surface area contributed by atoms with E-state index in [0.29, 0.717) is 5.75 Å². The third-order valence-electron chi connectivity index (χ3n) is 2.17. The molecule has 0 spiro atoms. The standard InChI is InChI=1S/C13H20O3S/c1-11(2)16-8-13(14)10-17(15)9-12-6-4-3-5-7-12/h3-7,11,13-14H,8-10H2,1-2H3/t13-,17+/m1/s1. The van der Waals surface area contributed by atoms with Crippen molar-refractivity contribution in [3.05, 3.63) is 35.9 Å². The van der Waals surface area contributed by atoms with Crippen LogP contribution in [0.4, 0.5) is 0 Å². The van der Waals surface area contributed by atoms with Gasteiger partial charge in [0.25, 0.3) is 0 Å². The van der Waals surface area contributed by atoms with Crippen LogP contribution in [0.5, 0.6) is 0 Å². The lowest BCUT2D eigenvalue weighted by atomic mass is 10.2. The molecule has 0 saturated carbocycles. The number of aliphatic hydroxyl groups excluding tert-OH is 1. The Morgan fingerprint density at radius 1 is 1.29 bits per heavy atom. The molecule has 0 heterocycles. The second-order valence-corrected chi connectivity index (χ2v) is 5.77. The second kappa shape index (κ2) is 7.58. The van der Waals surface area contributed by atoms with Crippen LogP contribution in [-0.4, -0.2) is 33.9 Å². The van der Waals surface area contributed by atoms with Gasteiger partial charge in [-0.2, -0.15) is 0 Å². The summed E-state index contributed by atoms with van der Waals surface area (Å²) in [6.45, 7) is 4.07. The van der Waals surface area contributed by atoms with Gasteiger partial charge in [0, 0.05) is 16.6 Å². The minimum Gasteiger partial charge on any atom is -0.390 e. The molecule has 0 saturated heterocycles. The quantitative estimate of drug-likeness (QED) is 0.808. The van der Waals surface area contributed by atoms with Gasteiger partial charge in [-0.05, 0) is 19.4 Å². The van der Waals surface area contributed by atoms with Crippen molar-refractivity contribution in [2.24, 2.45) is 0 Å². The van der Waals surface area contributed by atoms with Crippen molar-refractivity contribution in [3.63, 3.8) is 0 Å². The zero-order chi connectivity index (χ0) is 12.7. The largest absolute Gasteiger partial charge is 0.390 e. The van der Waals surface area contributed by atoms with Crippen LogP contribution in [0.25, 0.3) is 0 Å². The molecule has 0 bridgehead atoms. The first-order valence-corrected chi connectivity index (χ1v) is 7.25. The molecule has 3 nitrogen and oxygen atoms in total. The fourth-order valence-electron chi connectivity index (χ4n) is 1.39. The molecular weight excluding hydrogens is 236 g/mol. The highest BCUT2D eigenvalue weighted by molar-refractivity contribution is 7.84. The first-order valence-electron chi connectivity index (χ1n) is 5.76. The predicted octanol–water partition coefficient (Wildman–Crippen LogP) is 1.72. The zero-order valence-electron chi connectivity index (χ0n) is 10.3. The van der Waals surface area contributed by atoms with Crippen LogP contribution in [0.1, 0.15) is 19.4 Å². The fraction of sp³-hybridized carbons (Fsp3) is 0.538. The predicted molar refractivity (Wildman–Crippen MR) is 70.3 cm³/mol. The van der Waals surface area contributed by atoms with E-state index in [1.54, 1.807) is 0 Å². The first-order chi connectivity index (χ1) is 8.08. The summed E-state index contributed by atoms with van der Waals surface area (Å²) < 4.78 is 17.0. The third-order valence-corrected chi connectivity index (χ3v) is 3.58. The van der Waals surface area contributed by atoms with Crippen molar-refractivity contribution in [1.29, 1.82) is 0 Å². The topological polar surface area (TPSA) is 46.5 Å². The monoisotopic (exact) mass is 256 g/mol. The van der Waals surface area contributed by atoms with Gasteiger partial charge in [0.15, 0.2) is 0 Å². The van der Waals surface area contributed by atoms with E-state index < -0.39 is 16.9 Å². The lowest BCUT2D eigenvalue weighted by Crippen LogP contribution is -2.25. The minimum atomic E-state index is -1.05. The summed E-state index contributed by atoms with van der Waals surface area (Å²) in [7, 11) is -1.05.